The molecule has 3 aliphatic rings. The lowest BCUT2D eigenvalue weighted by Crippen LogP contribution is -2.60. The Morgan fingerprint density at radius 1 is 1.03 bits per heavy atom. The van der Waals surface area contributed by atoms with Crippen LogP contribution < -0.4 is 10.3 Å². The Bertz CT molecular complexity index is 1480. The van der Waals surface area contributed by atoms with E-state index in [0.29, 0.717) is 55.9 Å². The fraction of sp³-hybridized carbons (Fsp3) is 0.467. The van der Waals surface area contributed by atoms with Gasteiger partial charge in [-0.25, -0.2) is 5.10 Å². The van der Waals surface area contributed by atoms with Crippen molar-refractivity contribution in [2.45, 2.75) is 44.1 Å². The van der Waals surface area contributed by atoms with Gasteiger partial charge in [-0.05, 0) is 50.2 Å². The minimum atomic E-state index is -0.408. The summed E-state index contributed by atoms with van der Waals surface area (Å²) in [4.78, 5) is 45.4. The highest BCUT2D eigenvalue weighted by Crippen LogP contribution is 2.36. The van der Waals surface area contributed by atoms with Gasteiger partial charge >= 0.3 is 0 Å². The largest absolute Gasteiger partial charge is 0.492 e. The first-order valence-corrected chi connectivity index (χ1v) is 13.9. The molecule has 6 rings (SSSR count). The summed E-state index contributed by atoms with van der Waals surface area (Å²) < 4.78 is 5.92. The van der Waals surface area contributed by atoms with Crippen LogP contribution in [0.1, 0.15) is 52.9 Å². The highest BCUT2D eigenvalue weighted by atomic mass is 16.5. The number of hydrogen-bond donors (Lipinski definition) is 1. The Balaban J connectivity index is 1.22. The van der Waals surface area contributed by atoms with Gasteiger partial charge in [0, 0.05) is 44.4 Å². The van der Waals surface area contributed by atoms with E-state index in [9.17, 15) is 14.4 Å². The summed E-state index contributed by atoms with van der Waals surface area (Å²) >= 11 is 0. The molecule has 9 heteroatoms. The summed E-state index contributed by atoms with van der Waals surface area (Å²) in [5.41, 5.74) is 2.68. The number of rotatable bonds is 5. The van der Waals surface area contributed by atoms with Crippen LogP contribution in [0.25, 0.3) is 10.8 Å². The molecule has 3 aromatic rings. The van der Waals surface area contributed by atoms with Crippen LogP contribution in [0.4, 0.5) is 0 Å². The van der Waals surface area contributed by atoms with Gasteiger partial charge < -0.3 is 14.5 Å². The fourth-order valence-corrected chi connectivity index (χ4v) is 6.52. The number of piperazine rings is 1. The molecule has 2 amide bonds. The molecule has 1 saturated carbocycles. The number of likely N-dealkylation sites (N-methyl/N-ethyl adjacent to an activating group) is 1. The highest BCUT2D eigenvalue weighted by molar-refractivity contribution is 5.98. The minimum absolute atomic E-state index is 0.0652. The number of aromatic nitrogens is 2. The molecule has 204 valence electrons. The standard InChI is InChI=1S/C30H35N5O4/c1-33(2)30(10-5-6-11-30)29(38)35-14-12-34(13-15-35)28(37)24-18-20(17-21-9-16-39-26(21)24)19-25-22-7-3-4-8-23(22)27(36)32-31-25/h3-4,7-8,17-18H,5-6,9-16,19H2,1-2H3,(H,32,36). The molecule has 0 radical (unpaired) electrons. The number of amides is 2. The van der Waals surface area contributed by atoms with Crippen molar-refractivity contribution in [1.29, 1.82) is 0 Å². The van der Waals surface area contributed by atoms with Gasteiger partial charge in [0.1, 0.15) is 11.3 Å². The number of H-pyrrole nitrogens is 1. The molecule has 1 aliphatic carbocycles. The molecule has 0 bridgehead atoms. The van der Waals surface area contributed by atoms with Gasteiger partial charge in [-0.3, -0.25) is 19.3 Å². The Morgan fingerprint density at radius 2 is 1.72 bits per heavy atom. The predicted octanol–water partition coefficient (Wildman–Crippen LogP) is 2.61. The van der Waals surface area contributed by atoms with Gasteiger partial charge in [0.05, 0.1) is 23.3 Å². The highest BCUT2D eigenvalue weighted by Gasteiger charge is 2.46. The summed E-state index contributed by atoms with van der Waals surface area (Å²) in [6.07, 6.45) is 5.18. The lowest BCUT2D eigenvalue weighted by molar-refractivity contribution is -0.144. The summed E-state index contributed by atoms with van der Waals surface area (Å²) in [5.74, 6) is 0.799. The molecule has 9 nitrogen and oxygen atoms in total. The van der Waals surface area contributed by atoms with Crippen LogP contribution >= 0.6 is 0 Å². The molecule has 0 unspecified atom stereocenters. The van der Waals surface area contributed by atoms with Gasteiger partial charge in [-0.15, -0.1) is 0 Å². The average molecular weight is 530 g/mol. The van der Waals surface area contributed by atoms with Crippen LogP contribution in [0.2, 0.25) is 0 Å². The van der Waals surface area contributed by atoms with Crippen LogP contribution in [0.5, 0.6) is 5.75 Å². The molecule has 3 heterocycles. The second-order valence-corrected chi connectivity index (χ2v) is 11.2. The zero-order valence-electron chi connectivity index (χ0n) is 22.7. The number of nitrogens with zero attached hydrogens (tertiary/aromatic N) is 4. The first-order chi connectivity index (χ1) is 18.9. The maximum absolute atomic E-state index is 13.8. The average Bonchev–Trinajstić information content (AvgIpc) is 3.65. The maximum Gasteiger partial charge on any atom is 0.272 e. The van der Waals surface area contributed by atoms with Crippen LogP contribution in [-0.2, 0) is 17.6 Å². The van der Waals surface area contributed by atoms with Crippen molar-refractivity contribution < 1.29 is 14.3 Å². The fourth-order valence-electron chi connectivity index (χ4n) is 6.52. The van der Waals surface area contributed by atoms with Crippen LogP contribution in [0, 0.1) is 0 Å². The van der Waals surface area contributed by atoms with Crippen molar-refractivity contribution in [3.05, 3.63) is 69.1 Å². The third-order valence-corrected chi connectivity index (χ3v) is 8.76. The lowest BCUT2D eigenvalue weighted by Gasteiger charge is -2.42. The second kappa shape index (κ2) is 10.1. The Labute approximate surface area is 227 Å². The molecule has 39 heavy (non-hydrogen) atoms. The van der Waals surface area contributed by atoms with Crippen molar-refractivity contribution in [3.63, 3.8) is 0 Å². The summed E-state index contributed by atoms with van der Waals surface area (Å²) in [7, 11) is 4.00. The zero-order valence-corrected chi connectivity index (χ0v) is 22.7. The Hall–Kier alpha value is -3.72. The topological polar surface area (TPSA) is 98.8 Å². The molecule has 2 aliphatic heterocycles. The van der Waals surface area contributed by atoms with Gasteiger partial charge in [-0.2, -0.15) is 5.10 Å². The summed E-state index contributed by atoms with van der Waals surface area (Å²) in [5, 5.41) is 8.35. The quantitative estimate of drug-likeness (QED) is 0.546. The summed E-state index contributed by atoms with van der Waals surface area (Å²) in [6.45, 7) is 2.62. The first kappa shape index (κ1) is 25.6. The number of carbonyl (C=O) groups is 2. The molecule has 2 fully saturated rings. The predicted molar refractivity (Wildman–Crippen MR) is 148 cm³/mol. The van der Waals surface area contributed by atoms with Gasteiger partial charge in [0.2, 0.25) is 5.91 Å². The normalized spacial score (nSPS) is 18.4. The number of benzene rings is 2. The SMILES string of the molecule is CN(C)C1(C(=O)N2CCN(C(=O)c3cc(Cc4n[nH]c(=O)c5ccccc45)cc4c3OCC4)CC2)CCCC1. The second-order valence-electron chi connectivity index (χ2n) is 11.2. The summed E-state index contributed by atoms with van der Waals surface area (Å²) in [6, 6.07) is 11.4. The molecule has 2 aromatic carbocycles. The molecule has 0 atom stereocenters. The van der Waals surface area contributed by atoms with E-state index in [0.717, 1.165) is 54.3 Å². The Kier molecular flexibility index (Phi) is 6.62. The molecular formula is C30H35N5O4. The van der Waals surface area contributed by atoms with Crippen LogP contribution in [-0.4, -0.2) is 89.1 Å². The number of aromatic amines is 1. The first-order valence-electron chi connectivity index (χ1n) is 13.9. The number of carbonyl (C=O) groups excluding carboxylic acids is 2. The van der Waals surface area contributed by atoms with E-state index < -0.39 is 5.54 Å². The molecule has 1 saturated heterocycles. The number of hydrogen-bond acceptors (Lipinski definition) is 6. The monoisotopic (exact) mass is 529 g/mol. The van der Waals surface area contributed by atoms with Gasteiger partial charge in [0.25, 0.3) is 11.5 Å². The van der Waals surface area contributed by atoms with Crippen molar-refractivity contribution in [2.75, 3.05) is 46.9 Å². The van der Waals surface area contributed by atoms with E-state index in [4.69, 9.17) is 4.74 Å². The van der Waals surface area contributed by atoms with E-state index in [1.165, 1.54) is 0 Å². The van der Waals surface area contributed by atoms with E-state index in [2.05, 4.69) is 21.2 Å². The van der Waals surface area contributed by atoms with Crippen molar-refractivity contribution in [1.82, 2.24) is 24.9 Å². The number of ether oxygens (including phenoxy) is 1. The molecule has 1 N–H and O–H groups in total. The zero-order chi connectivity index (χ0) is 27.1. The van der Waals surface area contributed by atoms with E-state index >= 15 is 0 Å². The maximum atomic E-state index is 13.8. The third kappa shape index (κ3) is 4.48. The van der Waals surface area contributed by atoms with Gasteiger partial charge in [-0.1, -0.05) is 37.1 Å². The van der Waals surface area contributed by atoms with Crippen molar-refractivity contribution >= 4 is 22.6 Å². The van der Waals surface area contributed by atoms with E-state index in [1.807, 2.05) is 48.2 Å². The third-order valence-electron chi connectivity index (χ3n) is 8.76. The molecule has 0 spiro atoms. The number of fused-ring (bicyclic) bond motifs is 2. The van der Waals surface area contributed by atoms with Crippen molar-refractivity contribution in [3.8, 4) is 5.75 Å². The van der Waals surface area contributed by atoms with E-state index in [-0.39, 0.29) is 17.4 Å². The van der Waals surface area contributed by atoms with Crippen LogP contribution in [0.3, 0.4) is 0 Å². The van der Waals surface area contributed by atoms with Crippen molar-refractivity contribution in [2.24, 2.45) is 0 Å². The number of nitrogens with one attached hydrogen (secondary N) is 1. The Morgan fingerprint density at radius 3 is 2.44 bits per heavy atom. The van der Waals surface area contributed by atoms with E-state index in [1.54, 1.807) is 6.07 Å². The lowest BCUT2D eigenvalue weighted by atomic mass is 9.93. The van der Waals surface area contributed by atoms with Crippen LogP contribution in [0.15, 0.2) is 41.2 Å². The smallest absolute Gasteiger partial charge is 0.272 e. The molecule has 1 aromatic heterocycles. The minimum Gasteiger partial charge on any atom is -0.492 e. The van der Waals surface area contributed by atoms with Gasteiger partial charge in [0.15, 0.2) is 0 Å². The molecular weight excluding hydrogens is 494 g/mol.